The molecule has 0 radical (unpaired) electrons. The van der Waals surface area contributed by atoms with Crippen LogP contribution in [0.5, 0.6) is 0 Å². The Morgan fingerprint density at radius 3 is 1.93 bits per heavy atom. The standard InChI is InChI=1S/C12H24O3/c1-11(13)9-7-5-3-2-4-6-8-10-12(14)15/h11,13H,2-10H2,1H3,(H,14,15). The van der Waals surface area contributed by atoms with Crippen LogP contribution in [0.3, 0.4) is 0 Å². The van der Waals surface area contributed by atoms with Gasteiger partial charge in [-0.05, 0) is 19.8 Å². The molecular weight excluding hydrogens is 192 g/mol. The molecule has 0 fully saturated rings. The first-order valence-corrected chi connectivity index (χ1v) is 6.03. The van der Waals surface area contributed by atoms with Crippen molar-refractivity contribution < 1.29 is 15.0 Å². The van der Waals surface area contributed by atoms with E-state index in [0.717, 1.165) is 32.1 Å². The summed E-state index contributed by atoms with van der Waals surface area (Å²) in [5.41, 5.74) is 0. The average Bonchev–Trinajstić information content (AvgIpc) is 2.14. The molecule has 0 saturated carbocycles. The van der Waals surface area contributed by atoms with Gasteiger partial charge in [0.2, 0.25) is 0 Å². The van der Waals surface area contributed by atoms with Crippen LogP contribution in [0.4, 0.5) is 0 Å². The maximum Gasteiger partial charge on any atom is 0.303 e. The molecule has 0 amide bonds. The number of carboxylic acid groups (broad SMARTS) is 1. The second-order valence-electron chi connectivity index (χ2n) is 4.26. The minimum absolute atomic E-state index is 0.166. The fourth-order valence-electron chi connectivity index (χ4n) is 1.60. The molecule has 3 heteroatoms. The van der Waals surface area contributed by atoms with Crippen LogP contribution in [0.1, 0.15) is 64.7 Å². The fraction of sp³-hybridized carbons (Fsp3) is 0.917. The van der Waals surface area contributed by atoms with Crippen molar-refractivity contribution in [3.05, 3.63) is 0 Å². The van der Waals surface area contributed by atoms with E-state index in [4.69, 9.17) is 10.2 Å². The van der Waals surface area contributed by atoms with Gasteiger partial charge in [-0.1, -0.05) is 38.5 Å². The quantitative estimate of drug-likeness (QED) is 0.552. The summed E-state index contributed by atoms with van der Waals surface area (Å²) in [6.45, 7) is 1.83. The zero-order valence-corrected chi connectivity index (χ0v) is 9.74. The number of aliphatic carboxylic acids is 1. The molecule has 2 N–H and O–H groups in total. The summed E-state index contributed by atoms with van der Waals surface area (Å²) in [6.07, 6.45) is 8.71. The molecule has 0 bridgehead atoms. The second kappa shape index (κ2) is 9.97. The minimum atomic E-state index is -0.688. The average molecular weight is 216 g/mol. The van der Waals surface area contributed by atoms with E-state index in [0.29, 0.717) is 6.42 Å². The number of aliphatic hydroxyl groups excluding tert-OH is 1. The molecule has 1 atom stereocenters. The van der Waals surface area contributed by atoms with Gasteiger partial charge in [0.05, 0.1) is 6.10 Å². The van der Waals surface area contributed by atoms with Crippen molar-refractivity contribution in [1.82, 2.24) is 0 Å². The SMILES string of the molecule is CC(O)CCCCCCCCCC(=O)O. The molecule has 0 saturated heterocycles. The molecule has 0 aromatic carbocycles. The van der Waals surface area contributed by atoms with E-state index < -0.39 is 5.97 Å². The topological polar surface area (TPSA) is 57.5 Å². The largest absolute Gasteiger partial charge is 0.481 e. The number of unbranched alkanes of at least 4 members (excludes halogenated alkanes) is 6. The molecule has 0 rings (SSSR count). The Hall–Kier alpha value is -0.570. The molecule has 0 aromatic rings. The van der Waals surface area contributed by atoms with E-state index >= 15 is 0 Å². The van der Waals surface area contributed by atoms with Crippen LogP contribution in [0.2, 0.25) is 0 Å². The summed E-state index contributed by atoms with van der Waals surface area (Å²) in [5.74, 6) is -0.688. The lowest BCUT2D eigenvalue weighted by Crippen LogP contribution is -1.98. The predicted octanol–water partition coefficient (Wildman–Crippen LogP) is 2.96. The fourth-order valence-corrected chi connectivity index (χ4v) is 1.60. The number of hydrogen-bond donors (Lipinski definition) is 2. The van der Waals surface area contributed by atoms with Crippen molar-refractivity contribution in [2.75, 3.05) is 0 Å². The van der Waals surface area contributed by atoms with Crippen molar-refractivity contribution >= 4 is 5.97 Å². The molecule has 1 unspecified atom stereocenters. The lowest BCUT2D eigenvalue weighted by Gasteiger charge is -2.03. The number of hydrogen-bond acceptors (Lipinski definition) is 2. The van der Waals surface area contributed by atoms with Gasteiger partial charge in [0.25, 0.3) is 0 Å². The van der Waals surface area contributed by atoms with Crippen molar-refractivity contribution in [2.45, 2.75) is 70.8 Å². The van der Waals surface area contributed by atoms with E-state index in [1.54, 1.807) is 0 Å². The van der Waals surface area contributed by atoms with Crippen molar-refractivity contribution in [1.29, 1.82) is 0 Å². The Kier molecular flexibility index (Phi) is 9.59. The van der Waals surface area contributed by atoms with Gasteiger partial charge in [-0.25, -0.2) is 0 Å². The third-order valence-corrected chi connectivity index (χ3v) is 2.51. The van der Waals surface area contributed by atoms with Crippen molar-refractivity contribution in [2.24, 2.45) is 0 Å². The third kappa shape index (κ3) is 13.4. The zero-order valence-electron chi connectivity index (χ0n) is 9.74. The Morgan fingerprint density at radius 2 is 1.47 bits per heavy atom. The maximum atomic E-state index is 10.2. The lowest BCUT2D eigenvalue weighted by molar-refractivity contribution is -0.137. The molecule has 15 heavy (non-hydrogen) atoms. The Bertz CT molecular complexity index is 155. The first-order valence-electron chi connectivity index (χ1n) is 6.03. The second-order valence-corrected chi connectivity index (χ2v) is 4.26. The highest BCUT2D eigenvalue weighted by molar-refractivity contribution is 5.66. The van der Waals surface area contributed by atoms with E-state index in [9.17, 15) is 4.79 Å². The maximum absolute atomic E-state index is 10.2. The first kappa shape index (κ1) is 14.4. The molecule has 0 heterocycles. The molecule has 0 aromatic heterocycles. The molecule has 3 nitrogen and oxygen atoms in total. The van der Waals surface area contributed by atoms with Gasteiger partial charge >= 0.3 is 5.97 Å². The van der Waals surface area contributed by atoms with Crippen LogP contribution in [-0.2, 0) is 4.79 Å². The summed E-state index contributed by atoms with van der Waals surface area (Å²) >= 11 is 0. The minimum Gasteiger partial charge on any atom is -0.481 e. The zero-order chi connectivity index (χ0) is 11.5. The van der Waals surface area contributed by atoms with E-state index in [1.165, 1.54) is 19.3 Å². The predicted molar refractivity (Wildman–Crippen MR) is 60.9 cm³/mol. The molecular formula is C12H24O3. The molecule has 0 aliphatic carbocycles. The number of carboxylic acids is 1. The number of carbonyl (C=O) groups is 1. The van der Waals surface area contributed by atoms with Crippen molar-refractivity contribution in [3.63, 3.8) is 0 Å². The van der Waals surface area contributed by atoms with Gasteiger partial charge in [0.15, 0.2) is 0 Å². The van der Waals surface area contributed by atoms with E-state index in [-0.39, 0.29) is 6.10 Å². The van der Waals surface area contributed by atoms with Crippen LogP contribution in [0.25, 0.3) is 0 Å². The van der Waals surface area contributed by atoms with Crippen LogP contribution in [0, 0.1) is 0 Å². The first-order chi connectivity index (χ1) is 7.13. The molecule has 0 aliphatic rings. The Balaban J connectivity index is 2.96. The van der Waals surface area contributed by atoms with Crippen LogP contribution in [-0.4, -0.2) is 22.3 Å². The van der Waals surface area contributed by atoms with Gasteiger partial charge in [0.1, 0.15) is 0 Å². The molecule has 0 spiro atoms. The molecule has 90 valence electrons. The van der Waals surface area contributed by atoms with Crippen LogP contribution < -0.4 is 0 Å². The van der Waals surface area contributed by atoms with Gasteiger partial charge in [-0.2, -0.15) is 0 Å². The highest BCUT2D eigenvalue weighted by Crippen LogP contribution is 2.10. The number of rotatable bonds is 10. The van der Waals surface area contributed by atoms with E-state index in [1.807, 2.05) is 6.92 Å². The Labute approximate surface area is 92.5 Å². The highest BCUT2D eigenvalue weighted by atomic mass is 16.4. The normalized spacial score (nSPS) is 12.7. The molecule has 0 aliphatic heterocycles. The summed E-state index contributed by atoms with van der Waals surface area (Å²) in [4.78, 5) is 10.2. The smallest absolute Gasteiger partial charge is 0.303 e. The summed E-state index contributed by atoms with van der Waals surface area (Å²) in [6, 6.07) is 0. The number of aliphatic hydroxyl groups is 1. The summed E-state index contributed by atoms with van der Waals surface area (Å²) < 4.78 is 0. The monoisotopic (exact) mass is 216 g/mol. The van der Waals surface area contributed by atoms with Gasteiger partial charge in [-0.3, -0.25) is 4.79 Å². The highest BCUT2D eigenvalue weighted by Gasteiger charge is 1.97. The van der Waals surface area contributed by atoms with Crippen molar-refractivity contribution in [3.8, 4) is 0 Å². The lowest BCUT2D eigenvalue weighted by atomic mass is 10.1. The van der Waals surface area contributed by atoms with Crippen LogP contribution >= 0.6 is 0 Å². The van der Waals surface area contributed by atoms with Gasteiger partial charge < -0.3 is 10.2 Å². The van der Waals surface area contributed by atoms with E-state index in [2.05, 4.69) is 0 Å². The summed E-state index contributed by atoms with van der Waals surface area (Å²) in [7, 11) is 0. The van der Waals surface area contributed by atoms with Gasteiger partial charge in [0, 0.05) is 6.42 Å². The van der Waals surface area contributed by atoms with Crippen LogP contribution in [0.15, 0.2) is 0 Å². The van der Waals surface area contributed by atoms with Gasteiger partial charge in [-0.15, -0.1) is 0 Å². The third-order valence-electron chi connectivity index (χ3n) is 2.51. The summed E-state index contributed by atoms with van der Waals surface area (Å²) in [5, 5.41) is 17.4. The Morgan fingerprint density at radius 1 is 1.00 bits per heavy atom.